The Hall–Kier alpha value is -3.36. The van der Waals surface area contributed by atoms with Crippen molar-refractivity contribution in [3.63, 3.8) is 0 Å². The zero-order valence-electron chi connectivity index (χ0n) is 67.3. The van der Waals surface area contributed by atoms with Crippen LogP contribution in [-0.4, -0.2) is 11.4 Å². The maximum atomic E-state index is 5.57. The zero-order chi connectivity index (χ0) is 70.4. The molecule has 0 spiro atoms. The molecule has 0 radical (unpaired) electrons. The van der Waals surface area contributed by atoms with Crippen LogP contribution >= 0.6 is 0 Å². The summed E-state index contributed by atoms with van der Waals surface area (Å²) in [5.74, 6) is 14.3. The molecule has 99 heavy (non-hydrogen) atoms. The quantitative estimate of drug-likeness (QED) is 0.0358. The van der Waals surface area contributed by atoms with Crippen LogP contribution in [0.25, 0.3) is 0 Å². The Balaban J connectivity index is 1.86. The molecule has 2 aromatic carbocycles. The summed E-state index contributed by atoms with van der Waals surface area (Å²) < 4.78 is 0. The van der Waals surface area contributed by atoms with Gasteiger partial charge >= 0.3 is 0 Å². The maximum Gasteiger partial charge on any atom is 0.0848 e. The number of hydrogen-bond donors (Lipinski definition) is 0. The van der Waals surface area contributed by atoms with Crippen molar-refractivity contribution < 1.29 is 0 Å². The topological polar surface area (TPSA) is 24.7 Å². The smallest absolute Gasteiger partial charge is 0.0848 e. The second-order valence-corrected chi connectivity index (χ2v) is 31.0. The van der Waals surface area contributed by atoms with Gasteiger partial charge in [-0.1, -0.05) is 462 Å². The fraction of sp³-hybridized carbons (Fsp3) is 0.794. The highest BCUT2D eigenvalue weighted by molar-refractivity contribution is 6.47. The van der Waals surface area contributed by atoms with Gasteiger partial charge in [0.2, 0.25) is 0 Å². The van der Waals surface area contributed by atoms with Crippen LogP contribution < -0.4 is 0 Å². The summed E-state index contributed by atoms with van der Waals surface area (Å²) in [4.78, 5) is 11.1. The summed E-state index contributed by atoms with van der Waals surface area (Å²) in [5.41, 5.74) is 6.87. The molecule has 2 rings (SSSR count). The minimum Gasteiger partial charge on any atom is -0.251 e. The van der Waals surface area contributed by atoms with Crippen molar-refractivity contribution in [3.05, 3.63) is 71.8 Å². The Kier molecular flexibility index (Phi) is 71.6. The number of aliphatic imine (C=N–C) groups is 2. The second-order valence-electron chi connectivity index (χ2n) is 31.0. The predicted octanol–water partition coefficient (Wildman–Crippen LogP) is 34.0. The van der Waals surface area contributed by atoms with Crippen molar-refractivity contribution in [3.8, 4) is 23.7 Å². The van der Waals surface area contributed by atoms with Gasteiger partial charge in [-0.25, -0.2) is 4.99 Å². The van der Waals surface area contributed by atoms with Crippen molar-refractivity contribution in [2.45, 2.75) is 496 Å². The number of nitrogens with zero attached hydrogens (tertiary/aromatic N) is 2. The van der Waals surface area contributed by atoms with Crippen molar-refractivity contribution in [1.82, 2.24) is 0 Å². The number of aryl methyl sites for hydroxylation is 2. The predicted molar refractivity (Wildman–Crippen MR) is 450 cm³/mol. The number of hydrogen-bond acceptors (Lipinski definition) is 2. The van der Waals surface area contributed by atoms with E-state index in [1.807, 2.05) is 0 Å². The Labute approximate surface area is 621 Å². The summed E-state index contributed by atoms with van der Waals surface area (Å²) >= 11 is 0. The first kappa shape index (κ1) is 91.7. The van der Waals surface area contributed by atoms with Crippen molar-refractivity contribution in [2.24, 2.45) is 9.98 Å². The molecule has 0 aliphatic rings. The molecular weight excluding hydrogens is 1190 g/mol. The van der Waals surface area contributed by atoms with Crippen LogP contribution in [0.1, 0.15) is 495 Å². The van der Waals surface area contributed by atoms with Gasteiger partial charge in [-0.05, 0) is 80.7 Å². The molecule has 2 heteroatoms. The van der Waals surface area contributed by atoms with Crippen molar-refractivity contribution in [2.75, 3.05) is 0 Å². The van der Waals surface area contributed by atoms with E-state index in [-0.39, 0.29) is 0 Å². The van der Waals surface area contributed by atoms with Crippen LogP contribution in [0.4, 0.5) is 11.4 Å². The normalized spacial score (nSPS) is 11.9. The molecule has 0 amide bonds. The molecule has 0 N–H and O–H groups in total. The van der Waals surface area contributed by atoms with Gasteiger partial charge in [-0.15, -0.1) is 23.7 Å². The van der Waals surface area contributed by atoms with Crippen LogP contribution in [0, 0.1) is 23.7 Å². The Morgan fingerprint density at radius 1 is 0.253 bits per heavy atom. The molecule has 2 aromatic rings. The number of benzene rings is 2. The monoisotopic (exact) mass is 1360 g/mol. The lowest BCUT2D eigenvalue weighted by molar-refractivity contribution is 0.519. The van der Waals surface area contributed by atoms with Crippen molar-refractivity contribution in [1.29, 1.82) is 0 Å². The number of rotatable bonds is 75. The van der Waals surface area contributed by atoms with E-state index in [9.17, 15) is 0 Å². The van der Waals surface area contributed by atoms with Gasteiger partial charge in [0.1, 0.15) is 0 Å². The third-order valence-electron chi connectivity index (χ3n) is 21.4. The van der Waals surface area contributed by atoms with E-state index in [1.54, 1.807) is 0 Å². The Bertz CT molecular complexity index is 2200. The average molecular weight is 1360 g/mol. The molecule has 0 aliphatic carbocycles. The van der Waals surface area contributed by atoms with E-state index in [4.69, 9.17) is 9.98 Å². The Morgan fingerprint density at radius 2 is 0.485 bits per heavy atom. The van der Waals surface area contributed by atoms with Crippen LogP contribution in [0.3, 0.4) is 0 Å². The number of allylic oxidation sites excluding steroid dienone is 2. The minimum atomic E-state index is 0.878. The van der Waals surface area contributed by atoms with Crippen LogP contribution in [-0.2, 0) is 12.8 Å². The fourth-order valence-corrected chi connectivity index (χ4v) is 14.6. The van der Waals surface area contributed by atoms with Gasteiger partial charge in [0.05, 0.1) is 22.8 Å². The first-order chi connectivity index (χ1) is 49.2. The summed E-state index contributed by atoms with van der Waals surface area (Å²) in [6.45, 7) is 9.24. The van der Waals surface area contributed by atoms with Gasteiger partial charge in [0.15, 0.2) is 0 Å². The molecule has 0 atom stereocenters. The number of unbranched alkanes of at least 4 members (excludes halogenated alkanes) is 64. The molecule has 0 fully saturated rings. The standard InChI is InChI=1S/C97H168N2/c1-5-9-13-16-19-22-25-28-31-34-37-40-42-44-46-48-51-53-56-59-62-65-68-71-74-77-84-92-86-80-82-89-94(92)98-96(88-12-8-4)97(91-79-76-73-70-67-64-61-58-55-50-39-36-33-30-27-24-21-18-15-11-7-3)99-95-90-83-81-87-93(95)85-78-75-72-69-66-63-60-57-54-52-49-47-45-43-41-38-35-32-29-26-23-20-17-14-10-6-2/h79-83,86-87,89-91H,5-70,73,76-78,84-85,88H2,1-4H3/b91-79+,98-96?,99-97?. The molecule has 0 aromatic heterocycles. The highest BCUT2D eigenvalue weighted by atomic mass is 14.8. The van der Waals surface area contributed by atoms with Crippen molar-refractivity contribution >= 4 is 22.8 Å². The zero-order valence-corrected chi connectivity index (χ0v) is 67.3. The number of para-hydroxylation sites is 2. The van der Waals surface area contributed by atoms with Gasteiger partial charge in [0.25, 0.3) is 0 Å². The first-order valence-corrected chi connectivity index (χ1v) is 45.1. The van der Waals surface area contributed by atoms with E-state index in [0.717, 1.165) is 87.0 Å². The molecule has 566 valence electrons. The third-order valence-corrected chi connectivity index (χ3v) is 21.4. The molecule has 2 nitrogen and oxygen atoms in total. The summed E-state index contributed by atoms with van der Waals surface area (Å²) in [6, 6.07) is 17.7. The van der Waals surface area contributed by atoms with Gasteiger partial charge < -0.3 is 0 Å². The molecular formula is C97H168N2. The largest absolute Gasteiger partial charge is 0.251 e. The molecule has 0 bridgehead atoms. The molecule has 0 saturated heterocycles. The second kappa shape index (κ2) is 77.3. The minimum absolute atomic E-state index is 0.878. The van der Waals surface area contributed by atoms with E-state index >= 15 is 0 Å². The van der Waals surface area contributed by atoms with E-state index in [2.05, 4.69) is 112 Å². The lowest BCUT2D eigenvalue weighted by atomic mass is 10.0. The van der Waals surface area contributed by atoms with E-state index in [0.29, 0.717) is 0 Å². The molecule has 0 aliphatic heterocycles. The molecule has 0 heterocycles. The molecule has 0 saturated carbocycles. The SMILES string of the molecule is CCCCCCCCCCCCCCCCCCCCC/C=C/C(=Nc1ccccc1CCC#CCCCCCCCCCCCCCCCCCCCCCCCC)C(CCCC)=Nc1ccccc1CCC#CCCCCCCCCCCCCCCCCCCCCCCCC. The summed E-state index contributed by atoms with van der Waals surface area (Å²) in [6.07, 6.45) is 104. The summed E-state index contributed by atoms with van der Waals surface area (Å²) in [5, 5.41) is 0. The lowest BCUT2D eigenvalue weighted by Gasteiger charge is -2.12. The van der Waals surface area contributed by atoms with Crippen LogP contribution in [0.2, 0.25) is 0 Å². The first-order valence-electron chi connectivity index (χ1n) is 45.1. The molecule has 0 unspecified atom stereocenters. The van der Waals surface area contributed by atoms with Crippen LogP contribution in [0.15, 0.2) is 70.7 Å². The summed E-state index contributed by atoms with van der Waals surface area (Å²) in [7, 11) is 0. The lowest BCUT2D eigenvalue weighted by Crippen LogP contribution is -2.12. The van der Waals surface area contributed by atoms with Crippen LogP contribution in [0.5, 0.6) is 0 Å². The van der Waals surface area contributed by atoms with Gasteiger partial charge in [-0.3, -0.25) is 4.99 Å². The van der Waals surface area contributed by atoms with Gasteiger partial charge in [0, 0.05) is 25.7 Å². The highest BCUT2D eigenvalue weighted by Gasteiger charge is 2.12. The maximum absolute atomic E-state index is 5.57. The average Bonchev–Trinajstić information content (AvgIpc) is 0.972. The van der Waals surface area contributed by atoms with E-state index < -0.39 is 0 Å². The van der Waals surface area contributed by atoms with E-state index in [1.165, 1.54) is 416 Å². The highest BCUT2D eigenvalue weighted by Crippen LogP contribution is 2.27. The van der Waals surface area contributed by atoms with Gasteiger partial charge in [-0.2, -0.15) is 0 Å². The fourth-order valence-electron chi connectivity index (χ4n) is 14.6. The Morgan fingerprint density at radius 3 is 0.768 bits per heavy atom. The third kappa shape index (κ3) is 62.9.